The first kappa shape index (κ1) is 24.1. The highest BCUT2D eigenvalue weighted by atomic mass is 16.3. The van der Waals surface area contributed by atoms with E-state index >= 15 is 0 Å². The van der Waals surface area contributed by atoms with Gasteiger partial charge in [0.1, 0.15) is 17.8 Å². The zero-order valence-corrected chi connectivity index (χ0v) is 20.0. The van der Waals surface area contributed by atoms with E-state index in [4.69, 9.17) is 0 Å². The minimum absolute atomic E-state index is 0.0989. The van der Waals surface area contributed by atoms with Gasteiger partial charge in [-0.1, -0.05) is 18.2 Å². The minimum Gasteiger partial charge on any atom is -0.390 e. The van der Waals surface area contributed by atoms with Crippen molar-refractivity contribution >= 4 is 17.6 Å². The van der Waals surface area contributed by atoms with Crippen LogP contribution in [0.5, 0.6) is 0 Å². The number of rotatable bonds is 7. The van der Waals surface area contributed by atoms with Crippen LogP contribution >= 0.6 is 0 Å². The van der Waals surface area contributed by atoms with E-state index in [2.05, 4.69) is 50.6 Å². The van der Waals surface area contributed by atoms with Crippen LogP contribution in [0.4, 0.5) is 5.82 Å². The lowest BCUT2D eigenvalue weighted by molar-refractivity contribution is -0.129. The maximum atomic E-state index is 12.6. The van der Waals surface area contributed by atoms with Gasteiger partial charge in [0, 0.05) is 58.3 Å². The molecule has 0 spiro atoms. The molecule has 9 nitrogen and oxygen atoms in total. The Balaban J connectivity index is 1.24. The number of piperidine rings is 1. The number of benzene rings is 1. The van der Waals surface area contributed by atoms with Crippen molar-refractivity contribution in [1.29, 1.82) is 0 Å². The van der Waals surface area contributed by atoms with E-state index in [0.717, 1.165) is 32.4 Å². The van der Waals surface area contributed by atoms with Gasteiger partial charge < -0.3 is 20.6 Å². The minimum atomic E-state index is -0.666. The molecule has 9 heteroatoms. The second kappa shape index (κ2) is 10.9. The number of anilines is 1. The number of β-amino-alcohol motifs (C(OH)–C–C–N with tert-alkyl or cyclic N) is 1. The molecule has 0 bridgehead atoms. The van der Waals surface area contributed by atoms with Gasteiger partial charge >= 0.3 is 0 Å². The van der Waals surface area contributed by atoms with E-state index in [9.17, 15) is 14.7 Å². The number of likely N-dealkylation sites (tertiary alicyclic amines) is 1. The molecule has 182 valence electrons. The summed E-state index contributed by atoms with van der Waals surface area (Å²) in [4.78, 5) is 36.5. The highest BCUT2D eigenvalue weighted by Crippen LogP contribution is 2.22. The summed E-state index contributed by atoms with van der Waals surface area (Å²) in [5, 5.41) is 16.6. The molecule has 3 heterocycles. The number of hydrogen-bond donors (Lipinski definition) is 3. The summed E-state index contributed by atoms with van der Waals surface area (Å²) < 4.78 is 0. The summed E-state index contributed by atoms with van der Waals surface area (Å²) in [7, 11) is 0. The van der Waals surface area contributed by atoms with Crippen LogP contribution in [0.3, 0.4) is 0 Å². The van der Waals surface area contributed by atoms with E-state index < -0.39 is 6.10 Å². The quantitative estimate of drug-likeness (QED) is 0.565. The van der Waals surface area contributed by atoms with Gasteiger partial charge in [-0.05, 0) is 42.9 Å². The lowest BCUT2D eigenvalue weighted by atomic mass is 9.95. The second-order valence-corrected chi connectivity index (χ2v) is 9.27. The number of aromatic nitrogens is 2. The van der Waals surface area contributed by atoms with Crippen LogP contribution in [0, 0.1) is 6.92 Å². The molecule has 1 saturated heterocycles. The molecule has 2 aromatic rings. The standard InChI is InChI=1S/C25H34N6O3/c1-17-4-3-5-19-14-30(9-8-22(17)19)15-21(33)13-26-25(34)23-12-24(28-16-27-23)29-20-6-10-31(11-7-20)18(2)32/h3-5,12,16,20-21,33H,6-11,13-15H2,1-2H3,(H,26,34)(H,27,28,29)/t21-/m0/s1. The summed E-state index contributed by atoms with van der Waals surface area (Å²) >= 11 is 0. The Kier molecular flexibility index (Phi) is 7.74. The van der Waals surface area contributed by atoms with Crippen molar-refractivity contribution < 1.29 is 14.7 Å². The van der Waals surface area contributed by atoms with Gasteiger partial charge in [0.15, 0.2) is 0 Å². The predicted molar refractivity (Wildman–Crippen MR) is 129 cm³/mol. The molecule has 2 amide bonds. The van der Waals surface area contributed by atoms with Crippen molar-refractivity contribution in [2.24, 2.45) is 0 Å². The average Bonchev–Trinajstić information content (AvgIpc) is 2.83. The predicted octanol–water partition coefficient (Wildman–Crippen LogP) is 1.36. The number of aryl methyl sites for hydroxylation is 1. The van der Waals surface area contributed by atoms with Gasteiger partial charge in [-0.3, -0.25) is 14.5 Å². The molecule has 1 atom stereocenters. The first-order valence-corrected chi connectivity index (χ1v) is 12.0. The fourth-order valence-corrected chi connectivity index (χ4v) is 4.79. The molecule has 0 unspecified atom stereocenters. The summed E-state index contributed by atoms with van der Waals surface area (Å²) in [5.74, 6) is 0.349. The van der Waals surface area contributed by atoms with Crippen molar-refractivity contribution in [1.82, 2.24) is 25.1 Å². The number of amides is 2. The Morgan fingerprint density at radius 3 is 2.76 bits per heavy atom. The van der Waals surface area contributed by atoms with Crippen LogP contribution in [0.1, 0.15) is 46.9 Å². The van der Waals surface area contributed by atoms with Gasteiger partial charge in [-0.2, -0.15) is 0 Å². The molecule has 0 radical (unpaired) electrons. The highest BCUT2D eigenvalue weighted by Gasteiger charge is 2.22. The van der Waals surface area contributed by atoms with E-state index in [1.807, 2.05) is 4.90 Å². The van der Waals surface area contributed by atoms with Crippen LogP contribution in [0.25, 0.3) is 0 Å². The van der Waals surface area contributed by atoms with Crippen LogP contribution in [0.15, 0.2) is 30.6 Å². The Morgan fingerprint density at radius 2 is 2.00 bits per heavy atom. The third-order valence-electron chi connectivity index (χ3n) is 6.74. The number of fused-ring (bicyclic) bond motifs is 1. The Bertz CT molecular complexity index is 1020. The van der Waals surface area contributed by atoms with E-state index in [1.54, 1.807) is 13.0 Å². The van der Waals surface area contributed by atoms with Gasteiger partial charge in [-0.15, -0.1) is 0 Å². The molecular weight excluding hydrogens is 432 g/mol. The topological polar surface area (TPSA) is 111 Å². The van der Waals surface area contributed by atoms with Gasteiger partial charge in [0.25, 0.3) is 5.91 Å². The molecule has 34 heavy (non-hydrogen) atoms. The number of hydrogen-bond acceptors (Lipinski definition) is 7. The molecule has 2 aliphatic heterocycles. The van der Waals surface area contributed by atoms with Crippen LogP contribution < -0.4 is 10.6 Å². The van der Waals surface area contributed by atoms with E-state index in [-0.39, 0.29) is 30.1 Å². The summed E-state index contributed by atoms with van der Waals surface area (Å²) in [6, 6.07) is 8.19. The maximum Gasteiger partial charge on any atom is 0.270 e. The maximum absolute atomic E-state index is 12.6. The summed E-state index contributed by atoms with van der Waals surface area (Å²) in [6.45, 7) is 7.53. The monoisotopic (exact) mass is 466 g/mol. The zero-order chi connectivity index (χ0) is 24.1. The largest absolute Gasteiger partial charge is 0.390 e. The number of aliphatic hydroxyl groups excluding tert-OH is 1. The number of nitrogens with one attached hydrogen (secondary N) is 2. The average molecular weight is 467 g/mol. The fraction of sp³-hybridized carbons (Fsp3) is 0.520. The third-order valence-corrected chi connectivity index (χ3v) is 6.74. The second-order valence-electron chi connectivity index (χ2n) is 9.27. The first-order valence-electron chi connectivity index (χ1n) is 12.0. The molecule has 1 aromatic heterocycles. The lowest BCUT2D eigenvalue weighted by Crippen LogP contribution is -2.42. The van der Waals surface area contributed by atoms with Crippen LogP contribution in [-0.2, 0) is 17.8 Å². The van der Waals surface area contributed by atoms with Gasteiger partial charge in [0.05, 0.1) is 6.10 Å². The highest BCUT2D eigenvalue weighted by molar-refractivity contribution is 5.92. The molecule has 1 fully saturated rings. The lowest BCUT2D eigenvalue weighted by Gasteiger charge is -2.32. The molecule has 3 N–H and O–H groups in total. The van der Waals surface area contributed by atoms with Crippen molar-refractivity contribution in [3.05, 3.63) is 53.0 Å². The molecule has 0 saturated carbocycles. The van der Waals surface area contributed by atoms with Crippen molar-refractivity contribution in [2.45, 2.75) is 51.8 Å². The molecule has 1 aromatic carbocycles. The summed E-state index contributed by atoms with van der Waals surface area (Å²) in [5.41, 5.74) is 4.31. The third kappa shape index (κ3) is 6.09. The van der Waals surface area contributed by atoms with E-state index in [0.29, 0.717) is 25.5 Å². The Hall–Kier alpha value is -3.04. The first-order chi connectivity index (χ1) is 16.4. The molecule has 0 aliphatic carbocycles. The fourth-order valence-electron chi connectivity index (χ4n) is 4.79. The summed E-state index contributed by atoms with van der Waals surface area (Å²) in [6.07, 6.45) is 3.34. The van der Waals surface area contributed by atoms with Crippen molar-refractivity contribution in [3.8, 4) is 0 Å². The molecule has 2 aliphatic rings. The van der Waals surface area contributed by atoms with E-state index in [1.165, 1.54) is 23.0 Å². The number of nitrogens with zero attached hydrogens (tertiary/aromatic N) is 4. The SMILES string of the molecule is CC(=O)N1CCC(Nc2cc(C(=O)NC[C@H](O)CN3CCc4c(C)cccc4C3)ncn2)CC1. The molecule has 4 rings (SSSR count). The van der Waals surface area contributed by atoms with Gasteiger partial charge in [0.2, 0.25) is 5.91 Å². The van der Waals surface area contributed by atoms with Gasteiger partial charge in [-0.25, -0.2) is 9.97 Å². The molecular formula is C25H34N6O3. The smallest absolute Gasteiger partial charge is 0.270 e. The number of aliphatic hydroxyl groups is 1. The van der Waals surface area contributed by atoms with Crippen molar-refractivity contribution in [2.75, 3.05) is 38.0 Å². The number of carbonyl (C=O) groups excluding carboxylic acids is 2. The van der Waals surface area contributed by atoms with Crippen molar-refractivity contribution in [3.63, 3.8) is 0 Å². The Labute approximate surface area is 200 Å². The normalized spacial score (nSPS) is 17.7. The van der Waals surface area contributed by atoms with Crippen LogP contribution in [0.2, 0.25) is 0 Å². The Morgan fingerprint density at radius 1 is 1.21 bits per heavy atom. The number of carbonyl (C=O) groups is 2. The zero-order valence-electron chi connectivity index (χ0n) is 20.0. The van der Waals surface area contributed by atoms with Crippen LogP contribution in [-0.4, -0.2) is 81.6 Å².